The molecule has 2 unspecified atom stereocenters. The van der Waals surface area contributed by atoms with Crippen molar-refractivity contribution in [3.63, 3.8) is 0 Å². The zero-order valence-corrected chi connectivity index (χ0v) is 9.62. The first-order valence-electron chi connectivity index (χ1n) is 5.03. The van der Waals surface area contributed by atoms with Crippen molar-refractivity contribution in [2.45, 2.75) is 25.6 Å². The Kier molecular flexibility index (Phi) is 4.80. The average molecular weight is 241 g/mol. The lowest BCUT2D eigenvalue weighted by molar-refractivity contribution is -0.142. The normalized spacial score (nSPS) is 14.1. The molecule has 1 aromatic rings. The van der Waals surface area contributed by atoms with Crippen molar-refractivity contribution in [1.29, 1.82) is 0 Å². The van der Waals surface area contributed by atoms with Crippen LogP contribution in [0.15, 0.2) is 12.4 Å². The van der Waals surface area contributed by atoms with E-state index in [1.54, 1.807) is 0 Å². The Balaban J connectivity index is 2.56. The van der Waals surface area contributed by atoms with Crippen molar-refractivity contribution in [3.05, 3.63) is 18.0 Å². The molecule has 0 amide bonds. The van der Waals surface area contributed by atoms with Crippen LogP contribution < -0.4 is 10.1 Å². The summed E-state index contributed by atoms with van der Waals surface area (Å²) in [6.07, 6.45) is 2.08. The molecule has 0 saturated heterocycles. The van der Waals surface area contributed by atoms with Gasteiger partial charge in [0.05, 0.1) is 13.2 Å². The zero-order valence-electron chi connectivity index (χ0n) is 9.62. The van der Waals surface area contributed by atoms with E-state index in [1.165, 1.54) is 26.4 Å². The van der Waals surface area contributed by atoms with E-state index in [0.29, 0.717) is 5.56 Å². The summed E-state index contributed by atoms with van der Waals surface area (Å²) in [7, 11) is 1.46. The van der Waals surface area contributed by atoms with Gasteiger partial charge in [-0.15, -0.1) is 0 Å². The quantitative estimate of drug-likeness (QED) is 0.611. The molecule has 0 fully saturated rings. The van der Waals surface area contributed by atoms with Gasteiger partial charge in [-0.3, -0.25) is 10.1 Å². The second kappa shape index (κ2) is 6.12. The van der Waals surface area contributed by atoms with Gasteiger partial charge in [0, 0.05) is 24.5 Å². The van der Waals surface area contributed by atoms with E-state index in [4.69, 9.17) is 9.84 Å². The van der Waals surface area contributed by atoms with Crippen LogP contribution in [0.2, 0.25) is 0 Å². The van der Waals surface area contributed by atoms with Crippen LogP contribution >= 0.6 is 0 Å². The second-order valence-corrected chi connectivity index (χ2v) is 3.52. The second-order valence-electron chi connectivity index (χ2n) is 3.52. The van der Waals surface area contributed by atoms with Crippen LogP contribution in [0.1, 0.15) is 12.5 Å². The van der Waals surface area contributed by atoms with Crippen LogP contribution in [0.3, 0.4) is 0 Å². The van der Waals surface area contributed by atoms with Crippen LogP contribution in [-0.2, 0) is 11.3 Å². The van der Waals surface area contributed by atoms with E-state index in [2.05, 4.69) is 15.3 Å². The van der Waals surface area contributed by atoms with E-state index in [-0.39, 0.29) is 12.6 Å². The Morgan fingerprint density at radius 1 is 1.53 bits per heavy atom. The molecular formula is C10H15N3O4. The van der Waals surface area contributed by atoms with E-state index in [9.17, 15) is 9.90 Å². The molecule has 2 atom stereocenters. The minimum absolute atomic E-state index is 0.249. The summed E-state index contributed by atoms with van der Waals surface area (Å²) in [6, 6.07) is -0.767. The number of methoxy groups -OCH3 is 1. The fraction of sp³-hybridized carbons (Fsp3) is 0.500. The summed E-state index contributed by atoms with van der Waals surface area (Å²) in [5.74, 6) is -1.10. The monoisotopic (exact) mass is 241 g/mol. The SMILES string of the molecule is COc1ncc(CNC(C(=O)O)C(C)O)cn1. The average Bonchev–Trinajstić information content (AvgIpc) is 2.29. The predicted molar refractivity (Wildman–Crippen MR) is 58.5 cm³/mol. The molecule has 7 nitrogen and oxygen atoms in total. The molecule has 0 spiro atoms. The van der Waals surface area contributed by atoms with Crippen LogP contribution in [0.5, 0.6) is 6.01 Å². The lowest BCUT2D eigenvalue weighted by atomic mass is 10.2. The zero-order chi connectivity index (χ0) is 12.8. The molecule has 1 aromatic heterocycles. The first-order chi connectivity index (χ1) is 8.04. The van der Waals surface area contributed by atoms with E-state index in [1.807, 2.05) is 0 Å². The Morgan fingerprint density at radius 2 is 2.12 bits per heavy atom. The number of carboxylic acid groups (broad SMARTS) is 1. The molecule has 0 bridgehead atoms. The Hall–Kier alpha value is -1.73. The lowest BCUT2D eigenvalue weighted by Crippen LogP contribution is -2.44. The molecule has 17 heavy (non-hydrogen) atoms. The first-order valence-corrected chi connectivity index (χ1v) is 5.03. The van der Waals surface area contributed by atoms with E-state index in [0.717, 1.165) is 0 Å². The number of aliphatic hydroxyl groups excluding tert-OH is 1. The number of carboxylic acids is 1. The molecule has 7 heteroatoms. The summed E-state index contributed by atoms with van der Waals surface area (Å²) in [4.78, 5) is 18.6. The van der Waals surface area contributed by atoms with Gasteiger partial charge in [-0.2, -0.15) is 0 Å². The van der Waals surface area contributed by atoms with Crippen LogP contribution in [0.25, 0.3) is 0 Å². The molecule has 0 aliphatic rings. The number of hydrogen-bond acceptors (Lipinski definition) is 6. The highest BCUT2D eigenvalue weighted by Gasteiger charge is 2.21. The molecule has 1 heterocycles. The van der Waals surface area contributed by atoms with Gasteiger partial charge in [0.15, 0.2) is 0 Å². The maximum Gasteiger partial charge on any atom is 0.323 e. The standard InChI is InChI=1S/C10H15N3O4/c1-6(14)8(9(15)16)11-3-7-4-12-10(17-2)13-5-7/h4-6,8,11,14H,3H2,1-2H3,(H,15,16). The number of aliphatic hydroxyl groups is 1. The highest BCUT2D eigenvalue weighted by atomic mass is 16.5. The molecule has 0 saturated carbocycles. The van der Waals surface area contributed by atoms with Gasteiger partial charge in [-0.25, -0.2) is 9.97 Å². The third kappa shape index (κ3) is 3.97. The molecule has 94 valence electrons. The maximum absolute atomic E-state index is 10.8. The number of carbonyl (C=O) groups is 1. The number of ether oxygens (including phenoxy) is 1. The van der Waals surface area contributed by atoms with Gasteiger partial charge in [-0.05, 0) is 6.92 Å². The number of nitrogens with zero attached hydrogens (tertiary/aromatic N) is 2. The summed E-state index contributed by atoms with van der Waals surface area (Å²) >= 11 is 0. The molecule has 0 aromatic carbocycles. The van der Waals surface area contributed by atoms with Crippen molar-refractivity contribution in [2.75, 3.05) is 7.11 Å². The van der Waals surface area contributed by atoms with Crippen molar-refractivity contribution in [1.82, 2.24) is 15.3 Å². The third-order valence-corrected chi connectivity index (χ3v) is 2.14. The van der Waals surface area contributed by atoms with Gasteiger partial charge in [-0.1, -0.05) is 0 Å². The maximum atomic E-state index is 10.8. The van der Waals surface area contributed by atoms with Crippen molar-refractivity contribution in [2.24, 2.45) is 0 Å². The Bertz CT molecular complexity index is 366. The van der Waals surface area contributed by atoms with Gasteiger partial charge in [0.1, 0.15) is 6.04 Å². The minimum Gasteiger partial charge on any atom is -0.480 e. The van der Waals surface area contributed by atoms with Gasteiger partial charge in [0.2, 0.25) is 0 Å². The Labute approximate surface area is 98.5 Å². The summed E-state index contributed by atoms with van der Waals surface area (Å²) < 4.78 is 4.79. The number of nitrogens with one attached hydrogen (secondary N) is 1. The topological polar surface area (TPSA) is 105 Å². The summed E-state index contributed by atoms with van der Waals surface area (Å²) in [5, 5.41) is 20.8. The van der Waals surface area contributed by atoms with Gasteiger partial charge >= 0.3 is 12.0 Å². The highest BCUT2D eigenvalue weighted by molar-refractivity contribution is 5.74. The molecule has 0 aliphatic heterocycles. The minimum atomic E-state index is -1.10. The van der Waals surface area contributed by atoms with Crippen molar-refractivity contribution < 1.29 is 19.7 Å². The van der Waals surface area contributed by atoms with E-state index >= 15 is 0 Å². The van der Waals surface area contributed by atoms with Crippen molar-refractivity contribution in [3.8, 4) is 6.01 Å². The fourth-order valence-electron chi connectivity index (χ4n) is 1.23. The van der Waals surface area contributed by atoms with Crippen molar-refractivity contribution >= 4 is 5.97 Å². The highest BCUT2D eigenvalue weighted by Crippen LogP contribution is 2.02. The number of aromatic nitrogens is 2. The van der Waals surface area contributed by atoms with Gasteiger partial charge in [0.25, 0.3) is 0 Å². The van der Waals surface area contributed by atoms with Crippen LogP contribution in [0.4, 0.5) is 0 Å². The number of hydrogen-bond donors (Lipinski definition) is 3. The number of aliphatic carboxylic acids is 1. The largest absolute Gasteiger partial charge is 0.480 e. The summed E-state index contributed by atoms with van der Waals surface area (Å²) in [6.45, 7) is 1.67. The van der Waals surface area contributed by atoms with Crippen LogP contribution in [0, 0.1) is 0 Å². The lowest BCUT2D eigenvalue weighted by Gasteiger charge is -2.16. The fourth-order valence-corrected chi connectivity index (χ4v) is 1.23. The van der Waals surface area contributed by atoms with E-state index < -0.39 is 18.1 Å². The molecule has 1 rings (SSSR count). The molecular weight excluding hydrogens is 226 g/mol. The third-order valence-electron chi connectivity index (χ3n) is 2.14. The Morgan fingerprint density at radius 3 is 2.53 bits per heavy atom. The molecule has 3 N–H and O–H groups in total. The molecule has 0 radical (unpaired) electrons. The molecule has 0 aliphatic carbocycles. The predicted octanol–water partition coefficient (Wildman–Crippen LogP) is -0.591. The van der Waals surface area contributed by atoms with Gasteiger partial charge < -0.3 is 14.9 Å². The summed E-state index contributed by atoms with van der Waals surface area (Å²) in [5.41, 5.74) is 0.706. The number of rotatable bonds is 6. The first kappa shape index (κ1) is 13.3. The smallest absolute Gasteiger partial charge is 0.323 e. The van der Waals surface area contributed by atoms with Crippen LogP contribution in [-0.4, -0.2) is 45.4 Å².